The Morgan fingerprint density at radius 1 is 1.70 bits per heavy atom. The van der Waals surface area contributed by atoms with Gasteiger partial charge in [0.25, 0.3) is 0 Å². The smallest absolute Gasteiger partial charge is 0.435 e. The summed E-state index contributed by atoms with van der Waals surface area (Å²) in [5.74, 6) is 0. The van der Waals surface area contributed by atoms with Gasteiger partial charge >= 0.3 is 6.16 Å². The fourth-order valence-corrected chi connectivity index (χ4v) is 0.570. The van der Waals surface area contributed by atoms with Gasteiger partial charge in [-0.25, -0.2) is 4.79 Å². The number of carbonyl (C=O) groups excluding carboxylic acids is 1. The second kappa shape index (κ2) is 3.41. The molecular formula is C6H10O4. The fraction of sp³-hybridized carbons (Fsp3) is 0.833. The molecule has 4 nitrogen and oxygen atoms in total. The van der Waals surface area contributed by atoms with Gasteiger partial charge in [-0.05, 0) is 6.92 Å². The summed E-state index contributed by atoms with van der Waals surface area (Å²) in [6.07, 6.45) is -0.685. The second-order valence-electron chi connectivity index (χ2n) is 1.96. The van der Waals surface area contributed by atoms with Crippen LogP contribution in [-0.2, 0) is 14.2 Å². The predicted octanol–water partition coefficient (Wildman–Crippen LogP) is 0.558. The van der Waals surface area contributed by atoms with E-state index in [1.807, 2.05) is 0 Å². The molecule has 0 aromatic heterocycles. The van der Waals surface area contributed by atoms with Crippen molar-refractivity contribution in [3.63, 3.8) is 0 Å². The third kappa shape index (κ3) is 1.88. The van der Waals surface area contributed by atoms with Gasteiger partial charge < -0.3 is 14.2 Å². The van der Waals surface area contributed by atoms with Gasteiger partial charge in [-0.2, -0.15) is 0 Å². The van der Waals surface area contributed by atoms with E-state index in [-0.39, 0.29) is 6.10 Å². The van der Waals surface area contributed by atoms with Crippen LogP contribution in [-0.4, -0.2) is 32.1 Å². The lowest BCUT2D eigenvalue weighted by atomic mass is 10.3. The van der Waals surface area contributed by atoms with Crippen molar-refractivity contribution >= 4 is 6.16 Å². The molecule has 0 aromatic rings. The zero-order valence-electron chi connectivity index (χ0n) is 5.83. The average Bonchev–Trinajstić information content (AvgIpc) is 1.80. The van der Waals surface area contributed by atoms with Crippen LogP contribution in [0.3, 0.4) is 0 Å². The van der Waals surface area contributed by atoms with Crippen LogP contribution < -0.4 is 0 Å². The Labute approximate surface area is 59.1 Å². The lowest BCUT2D eigenvalue weighted by molar-refractivity contribution is -0.113. The zero-order chi connectivity index (χ0) is 7.40. The number of ether oxygens (including phenoxy) is 3. The van der Waals surface area contributed by atoms with Crippen LogP contribution in [0.25, 0.3) is 0 Å². The van der Waals surface area contributed by atoms with Crippen LogP contribution in [0.2, 0.25) is 0 Å². The second-order valence-corrected chi connectivity index (χ2v) is 1.96. The van der Waals surface area contributed by atoms with Crippen LogP contribution in [0, 0.1) is 0 Å². The summed E-state index contributed by atoms with van der Waals surface area (Å²) >= 11 is 0. The first-order valence-electron chi connectivity index (χ1n) is 3.24. The molecule has 1 aliphatic rings. The van der Waals surface area contributed by atoms with Gasteiger partial charge in [-0.15, -0.1) is 0 Å². The van der Waals surface area contributed by atoms with Crippen molar-refractivity contribution in [2.75, 3.05) is 19.8 Å². The molecule has 0 unspecified atom stereocenters. The van der Waals surface area contributed by atoms with Crippen molar-refractivity contribution < 1.29 is 19.0 Å². The van der Waals surface area contributed by atoms with Gasteiger partial charge in [-0.3, -0.25) is 0 Å². The molecule has 1 aliphatic heterocycles. The van der Waals surface area contributed by atoms with E-state index in [0.29, 0.717) is 19.8 Å². The Morgan fingerprint density at radius 2 is 2.40 bits per heavy atom. The summed E-state index contributed by atoms with van der Waals surface area (Å²) < 4.78 is 14.1. The van der Waals surface area contributed by atoms with E-state index in [0.717, 1.165) is 0 Å². The Balaban J connectivity index is 2.05. The van der Waals surface area contributed by atoms with Crippen LogP contribution in [0.15, 0.2) is 0 Å². The first-order valence-corrected chi connectivity index (χ1v) is 3.24. The molecule has 0 aromatic carbocycles. The minimum atomic E-state index is -0.601. The van der Waals surface area contributed by atoms with Gasteiger partial charge in [0, 0.05) is 0 Å². The standard InChI is InChI=1S/C6H10O4/c1-2-9-6(7)10-5-3-8-4-5/h5H,2-4H2,1H3. The van der Waals surface area contributed by atoms with Gasteiger partial charge in [-0.1, -0.05) is 0 Å². The molecule has 10 heavy (non-hydrogen) atoms. The minimum Gasteiger partial charge on any atom is -0.435 e. The minimum absolute atomic E-state index is 0.0842. The molecular weight excluding hydrogens is 136 g/mol. The summed E-state index contributed by atoms with van der Waals surface area (Å²) in [7, 11) is 0. The van der Waals surface area contributed by atoms with Crippen LogP contribution in [0.4, 0.5) is 4.79 Å². The largest absolute Gasteiger partial charge is 0.508 e. The Morgan fingerprint density at radius 3 is 2.80 bits per heavy atom. The highest BCUT2D eigenvalue weighted by atomic mass is 16.7. The highest BCUT2D eigenvalue weighted by Crippen LogP contribution is 2.05. The van der Waals surface area contributed by atoms with Crippen LogP contribution in [0.1, 0.15) is 6.92 Å². The lowest BCUT2D eigenvalue weighted by Gasteiger charge is -2.24. The molecule has 1 fully saturated rings. The third-order valence-corrected chi connectivity index (χ3v) is 1.13. The molecule has 0 saturated carbocycles. The number of rotatable bonds is 2. The van der Waals surface area contributed by atoms with Gasteiger partial charge in [0.05, 0.1) is 19.8 Å². The molecule has 0 amide bonds. The van der Waals surface area contributed by atoms with Crippen molar-refractivity contribution in [2.45, 2.75) is 13.0 Å². The SMILES string of the molecule is CCOC(=O)OC1COC1. The van der Waals surface area contributed by atoms with E-state index >= 15 is 0 Å². The summed E-state index contributed by atoms with van der Waals surface area (Å²) in [4.78, 5) is 10.5. The van der Waals surface area contributed by atoms with Gasteiger partial charge in [0.1, 0.15) is 0 Å². The average molecular weight is 146 g/mol. The number of hydrogen-bond donors (Lipinski definition) is 0. The van der Waals surface area contributed by atoms with Crippen molar-refractivity contribution in [2.24, 2.45) is 0 Å². The fourth-order valence-electron chi connectivity index (χ4n) is 0.570. The maximum atomic E-state index is 10.5. The Hall–Kier alpha value is -0.770. The van der Waals surface area contributed by atoms with E-state index in [4.69, 9.17) is 9.47 Å². The summed E-state index contributed by atoms with van der Waals surface area (Å²) in [5.41, 5.74) is 0. The predicted molar refractivity (Wildman–Crippen MR) is 32.7 cm³/mol. The van der Waals surface area contributed by atoms with Gasteiger partial charge in [0.2, 0.25) is 0 Å². The number of carbonyl (C=O) groups is 1. The monoisotopic (exact) mass is 146 g/mol. The highest BCUT2D eigenvalue weighted by molar-refractivity contribution is 5.60. The van der Waals surface area contributed by atoms with E-state index in [9.17, 15) is 4.79 Å². The van der Waals surface area contributed by atoms with Crippen molar-refractivity contribution in [3.8, 4) is 0 Å². The Kier molecular flexibility index (Phi) is 2.50. The molecule has 1 saturated heterocycles. The van der Waals surface area contributed by atoms with Crippen molar-refractivity contribution in [1.29, 1.82) is 0 Å². The van der Waals surface area contributed by atoms with E-state index in [1.165, 1.54) is 0 Å². The molecule has 0 aliphatic carbocycles. The normalized spacial score (nSPS) is 17.7. The van der Waals surface area contributed by atoms with Crippen LogP contribution in [0.5, 0.6) is 0 Å². The maximum absolute atomic E-state index is 10.5. The van der Waals surface area contributed by atoms with E-state index < -0.39 is 6.16 Å². The summed E-state index contributed by atoms with van der Waals surface area (Å²) in [6, 6.07) is 0. The van der Waals surface area contributed by atoms with Crippen molar-refractivity contribution in [1.82, 2.24) is 0 Å². The molecule has 4 heteroatoms. The van der Waals surface area contributed by atoms with E-state index in [2.05, 4.69) is 4.74 Å². The maximum Gasteiger partial charge on any atom is 0.508 e. The summed E-state index contributed by atoms with van der Waals surface area (Å²) in [5, 5.41) is 0. The van der Waals surface area contributed by atoms with Crippen LogP contribution >= 0.6 is 0 Å². The number of hydrogen-bond acceptors (Lipinski definition) is 4. The summed E-state index contributed by atoms with van der Waals surface area (Å²) in [6.45, 7) is 3.09. The molecule has 1 rings (SSSR count). The molecule has 1 heterocycles. The zero-order valence-corrected chi connectivity index (χ0v) is 5.83. The Bertz CT molecular complexity index is 119. The van der Waals surface area contributed by atoms with Crippen molar-refractivity contribution in [3.05, 3.63) is 0 Å². The lowest BCUT2D eigenvalue weighted by Crippen LogP contribution is -2.37. The molecule has 0 atom stereocenters. The molecule has 0 N–H and O–H groups in total. The quantitative estimate of drug-likeness (QED) is 0.534. The highest BCUT2D eigenvalue weighted by Gasteiger charge is 2.22. The molecule has 0 radical (unpaired) electrons. The first kappa shape index (κ1) is 7.34. The first-order chi connectivity index (χ1) is 4.83. The molecule has 0 spiro atoms. The van der Waals surface area contributed by atoms with E-state index in [1.54, 1.807) is 6.92 Å². The topological polar surface area (TPSA) is 44.8 Å². The third-order valence-electron chi connectivity index (χ3n) is 1.13. The molecule has 58 valence electrons. The molecule has 0 bridgehead atoms. The van der Waals surface area contributed by atoms with Gasteiger partial charge in [0.15, 0.2) is 6.10 Å².